The van der Waals surface area contributed by atoms with Crippen molar-refractivity contribution in [1.29, 1.82) is 0 Å². The van der Waals surface area contributed by atoms with E-state index in [0.717, 1.165) is 25.7 Å². The van der Waals surface area contributed by atoms with Gasteiger partial charge in [-0.15, -0.1) is 0 Å². The van der Waals surface area contributed by atoms with Gasteiger partial charge in [-0.3, -0.25) is 14.5 Å². The monoisotopic (exact) mass is 410 g/mol. The van der Waals surface area contributed by atoms with Crippen LogP contribution in [0.3, 0.4) is 0 Å². The number of aromatic nitrogens is 1. The first-order valence-corrected chi connectivity index (χ1v) is 10.5. The van der Waals surface area contributed by atoms with Gasteiger partial charge in [0.15, 0.2) is 17.4 Å². The molecule has 1 aromatic carbocycles. The molecule has 1 aliphatic carbocycles. The Morgan fingerprint density at radius 1 is 1.23 bits per heavy atom. The van der Waals surface area contributed by atoms with E-state index in [-0.39, 0.29) is 40.5 Å². The minimum Gasteiger partial charge on any atom is -0.483 e. The normalized spacial score (nSPS) is 28.4. The lowest BCUT2D eigenvalue weighted by Crippen LogP contribution is -2.41. The summed E-state index contributed by atoms with van der Waals surface area (Å²) in [5, 5.41) is 3.97. The summed E-state index contributed by atoms with van der Waals surface area (Å²) >= 11 is 0. The number of rotatable bonds is 3. The highest BCUT2D eigenvalue weighted by molar-refractivity contribution is 6.17. The molecule has 0 N–H and O–H groups in total. The van der Waals surface area contributed by atoms with Gasteiger partial charge >= 0.3 is 0 Å². The molecule has 30 heavy (non-hydrogen) atoms. The van der Waals surface area contributed by atoms with Crippen molar-refractivity contribution in [3.05, 3.63) is 58.8 Å². The largest absolute Gasteiger partial charge is 0.483 e. The van der Waals surface area contributed by atoms with Crippen LogP contribution in [-0.4, -0.2) is 23.0 Å². The van der Waals surface area contributed by atoms with E-state index in [9.17, 15) is 14.0 Å². The number of aryl methyl sites for hydroxylation is 1. The highest BCUT2D eigenvalue weighted by atomic mass is 19.1. The van der Waals surface area contributed by atoms with E-state index >= 15 is 0 Å². The van der Waals surface area contributed by atoms with Crippen molar-refractivity contribution in [2.75, 3.05) is 4.90 Å². The van der Waals surface area contributed by atoms with Crippen LogP contribution < -0.4 is 4.90 Å². The third-order valence-electron chi connectivity index (χ3n) is 6.60. The van der Waals surface area contributed by atoms with Crippen LogP contribution in [0.25, 0.3) is 0 Å². The third-order valence-corrected chi connectivity index (χ3v) is 6.60. The van der Waals surface area contributed by atoms with Gasteiger partial charge in [-0.1, -0.05) is 36.7 Å². The number of carbonyl (C=O) groups excluding carboxylic acids is 2. The molecule has 4 atom stereocenters. The van der Waals surface area contributed by atoms with Crippen LogP contribution in [0.4, 0.5) is 10.2 Å². The fourth-order valence-corrected chi connectivity index (χ4v) is 5.02. The molecular weight excluding hydrogens is 387 g/mol. The van der Waals surface area contributed by atoms with Crippen molar-refractivity contribution in [3.8, 4) is 0 Å². The number of Topliss-reactive ketones (excluding diaryl/α,β-unsaturated/α-hetero) is 1. The van der Waals surface area contributed by atoms with Gasteiger partial charge in [0, 0.05) is 11.6 Å². The van der Waals surface area contributed by atoms with Crippen LogP contribution >= 0.6 is 0 Å². The molecule has 2 aromatic rings. The predicted molar refractivity (Wildman–Crippen MR) is 106 cm³/mol. The Balaban J connectivity index is 1.64. The van der Waals surface area contributed by atoms with E-state index < -0.39 is 17.8 Å². The Labute approximate surface area is 173 Å². The lowest BCUT2D eigenvalue weighted by atomic mass is 9.73. The van der Waals surface area contributed by atoms with E-state index in [1.807, 2.05) is 0 Å². The van der Waals surface area contributed by atoms with Gasteiger partial charge in [-0.05, 0) is 38.2 Å². The number of anilines is 1. The lowest BCUT2D eigenvalue weighted by molar-refractivity contribution is -0.132. The Morgan fingerprint density at radius 2 is 2.03 bits per heavy atom. The summed E-state index contributed by atoms with van der Waals surface area (Å²) in [7, 11) is 0. The number of hydrogen-bond acceptors (Lipinski definition) is 5. The molecule has 1 amide bonds. The van der Waals surface area contributed by atoms with Crippen molar-refractivity contribution in [3.63, 3.8) is 0 Å². The average molecular weight is 410 g/mol. The molecule has 156 valence electrons. The van der Waals surface area contributed by atoms with Gasteiger partial charge in [0.2, 0.25) is 0 Å². The Morgan fingerprint density at radius 3 is 2.73 bits per heavy atom. The zero-order chi connectivity index (χ0) is 21.0. The van der Waals surface area contributed by atoms with Crippen LogP contribution in [0.5, 0.6) is 0 Å². The van der Waals surface area contributed by atoms with Crippen LogP contribution in [0, 0.1) is 24.6 Å². The first kappa shape index (κ1) is 19.0. The number of amides is 1. The molecule has 1 aromatic heterocycles. The minimum absolute atomic E-state index is 0.0325. The molecule has 3 heterocycles. The quantitative estimate of drug-likeness (QED) is 0.756. The standard InChI is InChI=1S/C23H23FN2O4/c1-3-13-8-9-17-15(11-13)21(27)19-20(14-6-4-5-7-16(14)24)26(23(28)22(19)29-17)18-10-12(2)30-25-18/h4-7,10,13,15,17,20H,3,8-9,11H2,1-2H3. The van der Waals surface area contributed by atoms with Gasteiger partial charge < -0.3 is 9.26 Å². The van der Waals surface area contributed by atoms with Crippen LogP contribution in [0.2, 0.25) is 0 Å². The van der Waals surface area contributed by atoms with Crippen molar-refractivity contribution < 1.29 is 23.2 Å². The summed E-state index contributed by atoms with van der Waals surface area (Å²) in [6, 6.07) is 6.88. The first-order valence-electron chi connectivity index (χ1n) is 10.5. The molecule has 1 saturated carbocycles. The van der Waals surface area contributed by atoms with Crippen LogP contribution in [0.15, 0.2) is 46.2 Å². The number of carbonyl (C=O) groups is 2. The lowest BCUT2D eigenvalue weighted by Gasteiger charge is -2.38. The molecule has 0 saturated heterocycles. The van der Waals surface area contributed by atoms with E-state index in [1.165, 1.54) is 11.0 Å². The second-order valence-corrected chi connectivity index (χ2v) is 8.35. The molecule has 5 rings (SSSR count). The van der Waals surface area contributed by atoms with Crippen molar-refractivity contribution in [2.45, 2.75) is 51.7 Å². The first-order chi connectivity index (χ1) is 14.5. The van der Waals surface area contributed by atoms with Gasteiger partial charge in [0.05, 0.1) is 17.5 Å². The summed E-state index contributed by atoms with van der Waals surface area (Å²) in [6.45, 7) is 3.84. The highest BCUT2D eigenvalue weighted by Crippen LogP contribution is 2.49. The maximum atomic E-state index is 14.8. The molecule has 6 nitrogen and oxygen atoms in total. The Hall–Kier alpha value is -2.96. The molecular formula is C23H23FN2O4. The number of benzene rings is 1. The molecule has 3 aliphatic rings. The summed E-state index contributed by atoms with van der Waals surface area (Å²) in [4.78, 5) is 28.3. The number of ether oxygens (including phenoxy) is 1. The molecule has 0 spiro atoms. The summed E-state index contributed by atoms with van der Waals surface area (Å²) < 4.78 is 26.1. The number of halogens is 1. The molecule has 0 bridgehead atoms. The maximum Gasteiger partial charge on any atom is 0.295 e. The summed E-state index contributed by atoms with van der Waals surface area (Å²) in [5.41, 5.74) is 0.485. The average Bonchev–Trinajstić information content (AvgIpc) is 3.29. The molecule has 2 aliphatic heterocycles. The second-order valence-electron chi connectivity index (χ2n) is 8.35. The number of nitrogens with zero attached hydrogens (tertiary/aromatic N) is 2. The van der Waals surface area contributed by atoms with Crippen LogP contribution in [0.1, 0.15) is 50.0 Å². The number of ketones is 1. The van der Waals surface area contributed by atoms with Crippen molar-refractivity contribution in [1.82, 2.24) is 5.16 Å². The van der Waals surface area contributed by atoms with E-state index in [4.69, 9.17) is 9.26 Å². The Kier molecular flexibility index (Phi) is 4.49. The fourth-order valence-electron chi connectivity index (χ4n) is 5.02. The summed E-state index contributed by atoms with van der Waals surface area (Å²) in [6.07, 6.45) is 3.15. The fraction of sp³-hybridized carbons (Fsp3) is 0.435. The van der Waals surface area contributed by atoms with E-state index in [1.54, 1.807) is 31.2 Å². The number of fused-ring (bicyclic) bond motifs is 1. The summed E-state index contributed by atoms with van der Waals surface area (Å²) in [5.74, 6) is -0.126. The van der Waals surface area contributed by atoms with Crippen molar-refractivity contribution in [2.24, 2.45) is 11.8 Å². The molecule has 0 radical (unpaired) electrons. The second kappa shape index (κ2) is 7.07. The SMILES string of the molecule is CCC1CCC2OC3=C(C(=O)C2C1)C(c1ccccc1F)N(c1cc(C)on1)C3=O. The van der Waals surface area contributed by atoms with Gasteiger partial charge in [0.25, 0.3) is 5.91 Å². The highest BCUT2D eigenvalue weighted by Gasteiger charge is 2.54. The van der Waals surface area contributed by atoms with Gasteiger partial charge in [0.1, 0.15) is 17.7 Å². The topological polar surface area (TPSA) is 72.6 Å². The predicted octanol–water partition coefficient (Wildman–Crippen LogP) is 4.26. The maximum absolute atomic E-state index is 14.8. The third kappa shape index (κ3) is 2.79. The zero-order valence-electron chi connectivity index (χ0n) is 16.9. The molecule has 7 heteroatoms. The minimum atomic E-state index is -0.923. The van der Waals surface area contributed by atoms with Crippen LogP contribution in [-0.2, 0) is 14.3 Å². The van der Waals surface area contributed by atoms with Crippen molar-refractivity contribution >= 4 is 17.5 Å². The molecule has 1 fully saturated rings. The van der Waals surface area contributed by atoms with E-state index in [2.05, 4.69) is 12.1 Å². The van der Waals surface area contributed by atoms with E-state index in [0.29, 0.717) is 11.7 Å². The van der Waals surface area contributed by atoms with Gasteiger partial charge in [-0.25, -0.2) is 4.39 Å². The Bertz CT molecular complexity index is 1060. The smallest absolute Gasteiger partial charge is 0.295 e. The number of hydrogen-bond donors (Lipinski definition) is 0. The zero-order valence-corrected chi connectivity index (χ0v) is 16.9. The van der Waals surface area contributed by atoms with Gasteiger partial charge in [-0.2, -0.15) is 0 Å². The molecule has 4 unspecified atom stereocenters.